The van der Waals surface area contributed by atoms with Crippen molar-refractivity contribution in [1.82, 2.24) is 0 Å². The van der Waals surface area contributed by atoms with E-state index in [9.17, 15) is 4.79 Å². The van der Waals surface area contributed by atoms with Crippen molar-refractivity contribution in [3.8, 4) is 0 Å². The predicted octanol–water partition coefficient (Wildman–Crippen LogP) is 1.58. The van der Waals surface area contributed by atoms with Crippen LogP contribution in [0, 0.1) is 0 Å². The second kappa shape index (κ2) is 3.76. The van der Waals surface area contributed by atoms with E-state index in [1.807, 2.05) is 20.2 Å². The van der Waals surface area contributed by atoms with Gasteiger partial charge in [0.1, 0.15) is 6.29 Å². The summed E-state index contributed by atoms with van der Waals surface area (Å²) in [6.45, 7) is 0. The standard InChI is InChI=1S/C9H12N2O/c1-10-8-4-3-7(6-12)5-9(8)11-2/h3-6,10-11H,1-2H3. The van der Waals surface area contributed by atoms with E-state index in [0.717, 1.165) is 17.7 Å². The predicted molar refractivity (Wildman–Crippen MR) is 50.9 cm³/mol. The van der Waals surface area contributed by atoms with Gasteiger partial charge in [0.05, 0.1) is 11.4 Å². The highest BCUT2D eigenvalue weighted by atomic mass is 16.1. The van der Waals surface area contributed by atoms with Gasteiger partial charge in [-0.25, -0.2) is 0 Å². The lowest BCUT2D eigenvalue weighted by Crippen LogP contribution is -1.97. The number of nitrogens with one attached hydrogen (secondary N) is 2. The number of rotatable bonds is 3. The van der Waals surface area contributed by atoms with E-state index in [4.69, 9.17) is 0 Å². The second-order valence-corrected chi connectivity index (χ2v) is 2.42. The lowest BCUT2D eigenvalue weighted by atomic mass is 10.2. The zero-order valence-electron chi connectivity index (χ0n) is 7.22. The molecule has 0 aliphatic rings. The summed E-state index contributed by atoms with van der Waals surface area (Å²) in [7, 11) is 3.67. The van der Waals surface area contributed by atoms with Gasteiger partial charge in [-0.05, 0) is 18.2 Å². The summed E-state index contributed by atoms with van der Waals surface area (Å²) in [4.78, 5) is 10.4. The quantitative estimate of drug-likeness (QED) is 0.666. The highest BCUT2D eigenvalue weighted by molar-refractivity contribution is 5.81. The molecule has 0 atom stereocenters. The molecule has 0 fully saturated rings. The molecule has 0 saturated heterocycles. The molecule has 12 heavy (non-hydrogen) atoms. The Kier molecular flexibility index (Phi) is 2.69. The molecule has 0 bridgehead atoms. The van der Waals surface area contributed by atoms with E-state index in [1.165, 1.54) is 0 Å². The smallest absolute Gasteiger partial charge is 0.150 e. The third kappa shape index (κ3) is 1.56. The third-order valence-electron chi connectivity index (χ3n) is 1.72. The Bertz CT molecular complexity index is 284. The van der Waals surface area contributed by atoms with Crippen LogP contribution in [-0.2, 0) is 0 Å². The summed E-state index contributed by atoms with van der Waals surface area (Å²) in [6, 6.07) is 5.45. The van der Waals surface area contributed by atoms with E-state index in [-0.39, 0.29) is 0 Å². The maximum atomic E-state index is 10.4. The number of anilines is 2. The fraction of sp³-hybridized carbons (Fsp3) is 0.222. The molecule has 0 unspecified atom stereocenters. The molecular weight excluding hydrogens is 152 g/mol. The monoisotopic (exact) mass is 164 g/mol. The number of hydrogen-bond donors (Lipinski definition) is 2. The molecule has 64 valence electrons. The second-order valence-electron chi connectivity index (χ2n) is 2.42. The van der Waals surface area contributed by atoms with Crippen LogP contribution in [0.3, 0.4) is 0 Å². The Hall–Kier alpha value is -1.51. The molecule has 1 aromatic rings. The fourth-order valence-corrected chi connectivity index (χ4v) is 1.06. The van der Waals surface area contributed by atoms with Crippen LogP contribution in [0.5, 0.6) is 0 Å². The molecular formula is C9H12N2O. The first-order chi connectivity index (χ1) is 5.81. The van der Waals surface area contributed by atoms with Gasteiger partial charge in [-0.2, -0.15) is 0 Å². The Balaban J connectivity index is 3.10. The van der Waals surface area contributed by atoms with Gasteiger partial charge in [0.15, 0.2) is 0 Å². The highest BCUT2D eigenvalue weighted by Gasteiger charge is 1.98. The molecule has 0 amide bonds. The molecule has 0 heterocycles. The van der Waals surface area contributed by atoms with Crippen molar-refractivity contribution >= 4 is 17.7 Å². The minimum absolute atomic E-state index is 0.679. The van der Waals surface area contributed by atoms with Gasteiger partial charge in [0.2, 0.25) is 0 Å². The number of hydrogen-bond acceptors (Lipinski definition) is 3. The zero-order chi connectivity index (χ0) is 8.97. The van der Waals surface area contributed by atoms with Crippen LogP contribution < -0.4 is 10.6 Å². The van der Waals surface area contributed by atoms with Crippen LogP contribution in [0.4, 0.5) is 11.4 Å². The van der Waals surface area contributed by atoms with Crippen LogP contribution in [0.2, 0.25) is 0 Å². The Morgan fingerprint density at radius 2 is 1.83 bits per heavy atom. The third-order valence-corrected chi connectivity index (χ3v) is 1.72. The van der Waals surface area contributed by atoms with Gasteiger partial charge in [0.25, 0.3) is 0 Å². The first-order valence-electron chi connectivity index (χ1n) is 3.76. The fourth-order valence-electron chi connectivity index (χ4n) is 1.06. The van der Waals surface area contributed by atoms with E-state index < -0.39 is 0 Å². The van der Waals surface area contributed by atoms with Gasteiger partial charge in [-0.15, -0.1) is 0 Å². The normalized spacial score (nSPS) is 9.17. The van der Waals surface area contributed by atoms with Crippen LogP contribution >= 0.6 is 0 Å². The first-order valence-corrected chi connectivity index (χ1v) is 3.76. The first kappa shape index (κ1) is 8.59. The van der Waals surface area contributed by atoms with E-state index in [0.29, 0.717) is 5.56 Å². The van der Waals surface area contributed by atoms with Gasteiger partial charge in [-0.3, -0.25) is 4.79 Å². The van der Waals surface area contributed by atoms with Crippen molar-refractivity contribution in [2.45, 2.75) is 0 Å². The van der Waals surface area contributed by atoms with Gasteiger partial charge in [0, 0.05) is 19.7 Å². The topological polar surface area (TPSA) is 41.1 Å². The van der Waals surface area contributed by atoms with E-state index in [2.05, 4.69) is 10.6 Å². The van der Waals surface area contributed by atoms with E-state index >= 15 is 0 Å². The molecule has 0 aliphatic carbocycles. The van der Waals surface area contributed by atoms with Crippen molar-refractivity contribution in [3.05, 3.63) is 23.8 Å². The molecule has 0 aliphatic heterocycles. The van der Waals surface area contributed by atoms with Crippen molar-refractivity contribution < 1.29 is 4.79 Å². The summed E-state index contributed by atoms with van der Waals surface area (Å²) in [5.41, 5.74) is 2.60. The molecule has 0 spiro atoms. The van der Waals surface area contributed by atoms with Crippen molar-refractivity contribution in [1.29, 1.82) is 0 Å². The lowest BCUT2D eigenvalue weighted by Gasteiger charge is -2.08. The summed E-state index contributed by atoms with van der Waals surface area (Å²) in [6.07, 6.45) is 0.834. The average Bonchev–Trinajstić information content (AvgIpc) is 2.16. The number of benzene rings is 1. The number of aldehydes is 1. The van der Waals surface area contributed by atoms with Crippen molar-refractivity contribution in [2.24, 2.45) is 0 Å². The molecule has 0 saturated carbocycles. The summed E-state index contributed by atoms with van der Waals surface area (Å²) in [5, 5.41) is 6.02. The van der Waals surface area contributed by atoms with Crippen LogP contribution in [-0.4, -0.2) is 20.4 Å². The maximum absolute atomic E-state index is 10.4. The number of carbonyl (C=O) groups is 1. The summed E-state index contributed by atoms with van der Waals surface area (Å²) >= 11 is 0. The SMILES string of the molecule is CNc1ccc(C=O)cc1NC. The summed E-state index contributed by atoms with van der Waals surface area (Å²) < 4.78 is 0. The summed E-state index contributed by atoms with van der Waals surface area (Å²) in [5.74, 6) is 0. The van der Waals surface area contributed by atoms with E-state index in [1.54, 1.807) is 12.1 Å². The molecule has 0 radical (unpaired) electrons. The molecule has 2 N–H and O–H groups in total. The van der Waals surface area contributed by atoms with Gasteiger partial charge < -0.3 is 10.6 Å². The Labute approximate surface area is 71.8 Å². The van der Waals surface area contributed by atoms with Crippen molar-refractivity contribution in [3.63, 3.8) is 0 Å². The molecule has 1 rings (SSSR count). The Morgan fingerprint density at radius 3 is 2.33 bits per heavy atom. The maximum Gasteiger partial charge on any atom is 0.150 e. The number of carbonyl (C=O) groups excluding carboxylic acids is 1. The molecule has 1 aromatic carbocycles. The minimum Gasteiger partial charge on any atom is -0.386 e. The van der Waals surface area contributed by atoms with Crippen LogP contribution in [0.25, 0.3) is 0 Å². The molecule has 0 aromatic heterocycles. The minimum atomic E-state index is 0.679. The van der Waals surface area contributed by atoms with Gasteiger partial charge >= 0.3 is 0 Å². The Morgan fingerprint density at radius 1 is 1.17 bits per heavy atom. The highest BCUT2D eigenvalue weighted by Crippen LogP contribution is 2.21. The van der Waals surface area contributed by atoms with Crippen LogP contribution in [0.15, 0.2) is 18.2 Å². The zero-order valence-corrected chi connectivity index (χ0v) is 7.22. The molecule has 3 nitrogen and oxygen atoms in total. The largest absolute Gasteiger partial charge is 0.386 e. The molecule has 3 heteroatoms. The average molecular weight is 164 g/mol. The lowest BCUT2D eigenvalue weighted by molar-refractivity contribution is 0.112. The van der Waals surface area contributed by atoms with Crippen molar-refractivity contribution in [2.75, 3.05) is 24.7 Å². The van der Waals surface area contributed by atoms with Crippen LogP contribution in [0.1, 0.15) is 10.4 Å². The van der Waals surface area contributed by atoms with Gasteiger partial charge in [-0.1, -0.05) is 0 Å².